The zero-order valence-electron chi connectivity index (χ0n) is 15.0. The number of benzene rings is 1. The molecule has 1 aromatic carbocycles. The van der Waals surface area contributed by atoms with Gasteiger partial charge in [0.15, 0.2) is 11.5 Å². The van der Waals surface area contributed by atoms with E-state index in [1.807, 2.05) is 28.0 Å². The number of hydrogen-bond donors (Lipinski definition) is 1. The van der Waals surface area contributed by atoms with Crippen molar-refractivity contribution in [2.45, 2.75) is 32.6 Å². The lowest BCUT2D eigenvalue weighted by Crippen LogP contribution is -2.47. The zero-order chi connectivity index (χ0) is 18.1. The second-order valence-corrected chi connectivity index (χ2v) is 7.14. The fraction of sp³-hybridized carbons (Fsp3) is 0.526. The lowest BCUT2D eigenvalue weighted by molar-refractivity contribution is -0.121. The molecule has 2 saturated heterocycles. The number of piperidine rings is 1. The van der Waals surface area contributed by atoms with Crippen LogP contribution >= 0.6 is 0 Å². The van der Waals surface area contributed by atoms with Crippen LogP contribution in [-0.4, -0.2) is 52.9 Å². The molecular weight excluding hydrogens is 332 g/mol. The molecular formula is C19H24N4O3. The predicted molar refractivity (Wildman–Crippen MR) is 97.9 cm³/mol. The normalized spacial score (nSPS) is 18.5. The lowest BCUT2D eigenvalue weighted by Gasteiger charge is -2.34. The van der Waals surface area contributed by atoms with Crippen molar-refractivity contribution in [3.8, 4) is 0 Å². The molecule has 3 heterocycles. The van der Waals surface area contributed by atoms with E-state index in [2.05, 4.69) is 10.3 Å². The Bertz CT molecular complexity index is 817. The number of urea groups is 1. The molecule has 0 atom stereocenters. The van der Waals surface area contributed by atoms with Crippen LogP contribution in [-0.2, 0) is 4.79 Å². The summed E-state index contributed by atoms with van der Waals surface area (Å²) in [6.45, 7) is 4.83. The fourth-order valence-corrected chi connectivity index (χ4v) is 3.81. The third-order valence-corrected chi connectivity index (χ3v) is 5.27. The number of oxazole rings is 1. The average Bonchev–Trinajstić information content (AvgIpc) is 3.29. The molecule has 0 saturated carbocycles. The Balaban J connectivity index is 1.33. The highest BCUT2D eigenvalue weighted by atomic mass is 16.3. The summed E-state index contributed by atoms with van der Waals surface area (Å²) in [5.74, 6) is 0.559. The monoisotopic (exact) mass is 356 g/mol. The van der Waals surface area contributed by atoms with Gasteiger partial charge in [0, 0.05) is 44.7 Å². The summed E-state index contributed by atoms with van der Waals surface area (Å²) in [7, 11) is 0. The minimum Gasteiger partial charge on any atom is -0.441 e. The van der Waals surface area contributed by atoms with Crippen molar-refractivity contribution >= 4 is 28.7 Å². The van der Waals surface area contributed by atoms with Crippen LogP contribution in [0.2, 0.25) is 0 Å². The first-order valence-electron chi connectivity index (χ1n) is 9.32. The van der Waals surface area contributed by atoms with Crippen molar-refractivity contribution in [3.05, 3.63) is 24.1 Å². The van der Waals surface area contributed by atoms with Gasteiger partial charge in [-0.3, -0.25) is 4.79 Å². The van der Waals surface area contributed by atoms with Crippen LogP contribution in [0.25, 0.3) is 11.1 Å². The average molecular weight is 356 g/mol. The van der Waals surface area contributed by atoms with Crippen LogP contribution < -0.4 is 5.32 Å². The molecule has 7 nitrogen and oxygen atoms in total. The molecule has 2 aliphatic heterocycles. The maximum Gasteiger partial charge on any atom is 0.319 e. The van der Waals surface area contributed by atoms with Crippen molar-refractivity contribution in [2.75, 3.05) is 31.5 Å². The van der Waals surface area contributed by atoms with Crippen molar-refractivity contribution in [2.24, 2.45) is 5.92 Å². The summed E-state index contributed by atoms with van der Waals surface area (Å²) < 4.78 is 5.46. The number of nitrogens with one attached hydrogen (secondary N) is 1. The second-order valence-electron chi connectivity index (χ2n) is 7.14. The van der Waals surface area contributed by atoms with Gasteiger partial charge in [-0.25, -0.2) is 9.78 Å². The third-order valence-electron chi connectivity index (χ3n) is 5.27. The van der Waals surface area contributed by atoms with Gasteiger partial charge >= 0.3 is 6.03 Å². The molecule has 0 bridgehead atoms. The number of carbonyl (C=O) groups is 2. The number of rotatable bonds is 2. The zero-order valence-corrected chi connectivity index (χ0v) is 15.0. The number of aromatic nitrogens is 1. The first-order chi connectivity index (χ1) is 12.6. The van der Waals surface area contributed by atoms with Crippen LogP contribution in [0.15, 0.2) is 22.6 Å². The van der Waals surface area contributed by atoms with Gasteiger partial charge in [0.25, 0.3) is 0 Å². The van der Waals surface area contributed by atoms with Gasteiger partial charge in [-0.15, -0.1) is 0 Å². The van der Waals surface area contributed by atoms with Crippen molar-refractivity contribution in [1.29, 1.82) is 0 Å². The van der Waals surface area contributed by atoms with E-state index in [1.54, 1.807) is 6.92 Å². The first-order valence-corrected chi connectivity index (χ1v) is 9.32. The summed E-state index contributed by atoms with van der Waals surface area (Å²) >= 11 is 0. The third kappa shape index (κ3) is 3.38. The van der Waals surface area contributed by atoms with Crippen molar-refractivity contribution in [3.63, 3.8) is 0 Å². The Kier molecular flexibility index (Phi) is 4.53. The Morgan fingerprint density at radius 2 is 1.81 bits per heavy atom. The molecule has 2 aliphatic rings. The summed E-state index contributed by atoms with van der Waals surface area (Å²) in [6.07, 6.45) is 3.60. The predicted octanol–water partition coefficient (Wildman–Crippen LogP) is 3.00. The molecule has 26 heavy (non-hydrogen) atoms. The number of nitrogens with zero attached hydrogens (tertiary/aromatic N) is 3. The number of fused-ring (bicyclic) bond motifs is 1. The van der Waals surface area contributed by atoms with E-state index in [0.717, 1.165) is 37.1 Å². The number of amides is 3. The fourth-order valence-electron chi connectivity index (χ4n) is 3.81. The molecule has 0 unspecified atom stereocenters. The molecule has 1 N–H and O–H groups in total. The van der Waals surface area contributed by atoms with E-state index in [1.165, 1.54) is 0 Å². The van der Waals surface area contributed by atoms with Gasteiger partial charge in [-0.05, 0) is 43.9 Å². The number of carbonyl (C=O) groups excluding carboxylic acids is 2. The van der Waals surface area contributed by atoms with Gasteiger partial charge in [0.05, 0.1) is 0 Å². The first kappa shape index (κ1) is 16.9. The van der Waals surface area contributed by atoms with Crippen LogP contribution in [0.4, 0.5) is 10.5 Å². The van der Waals surface area contributed by atoms with Crippen molar-refractivity contribution in [1.82, 2.24) is 14.8 Å². The highest BCUT2D eigenvalue weighted by Gasteiger charge is 2.30. The molecule has 138 valence electrons. The van der Waals surface area contributed by atoms with Gasteiger partial charge in [-0.2, -0.15) is 0 Å². The molecule has 0 spiro atoms. The van der Waals surface area contributed by atoms with Crippen LogP contribution in [0.1, 0.15) is 31.6 Å². The molecule has 2 aromatic rings. The van der Waals surface area contributed by atoms with Crippen LogP contribution in [0.5, 0.6) is 0 Å². The highest BCUT2D eigenvalue weighted by Crippen LogP contribution is 2.23. The quantitative estimate of drug-likeness (QED) is 0.897. The van der Waals surface area contributed by atoms with E-state index >= 15 is 0 Å². The minimum absolute atomic E-state index is 0.0119. The Morgan fingerprint density at radius 3 is 2.54 bits per heavy atom. The molecule has 2 fully saturated rings. The number of hydrogen-bond acceptors (Lipinski definition) is 4. The Labute approximate surface area is 152 Å². The number of likely N-dealkylation sites (tertiary alicyclic amines) is 2. The standard InChI is InChI=1S/C19H24N4O3/c1-13-20-16-12-15(4-5-17(16)26-13)21-18(24)14-6-10-23(11-7-14)19(25)22-8-2-3-9-22/h4-5,12,14H,2-3,6-11H2,1H3,(H,21,24). The summed E-state index contributed by atoms with van der Waals surface area (Å²) in [4.78, 5) is 33.1. The molecule has 4 rings (SSSR count). The smallest absolute Gasteiger partial charge is 0.319 e. The second kappa shape index (κ2) is 6.97. The number of anilines is 1. The Morgan fingerprint density at radius 1 is 1.12 bits per heavy atom. The topological polar surface area (TPSA) is 78.7 Å². The molecule has 7 heteroatoms. The molecule has 3 amide bonds. The van der Waals surface area contributed by atoms with E-state index in [-0.39, 0.29) is 17.9 Å². The number of aryl methyl sites for hydroxylation is 1. The summed E-state index contributed by atoms with van der Waals surface area (Å²) in [6, 6.07) is 5.61. The van der Waals surface area contributed by atoms with E-state index in [0.29, 0.717) is 37.4 Å². The SMILES string of the molecule is Cc1nc2cc(NC(=O)C3CCN(C(=O)N4CCCC4)CC3)ccc2o1. The maximum absolute atomic E-state index is 12.6. The Hall–Kier alpha value is -2.57. The van der Waals surface area contributed by atoms with Gasteiger partial charge in [-0.1, -0.05) is 0 Å². The highest BCUT2D eigenvalue weighted by molar-refractivity contribution is 5.94. The van der Waals surface area contributed by atoms with Crippen LogP contribution in [0.3, 0.4) is 0 Å². The summed E-state index contributed by atoms with van der Waals surface area (Å²) in [5.41, 5.74) is 2.19. The van der Waals surface area contributed by atoms with E-state index in [4.69, 9.17) is 4.42 Å². The molecule has 1 aromatic heterocycles. The van der Waals surface area contributed by atoms with Crippen LogP contribution in [0, 0.1) is 12.8 Å². The van der Waals surface area contributed by atoms with Gasteiger partial charge in [0.2, 0.25) is 5.91 Å². The lowest BCUT2D eigenvalue weighted by atomic mass is 9.96. The van der Waals surface area contributed by atoms with Gasteiger partial charge in [0.1, 0.15) is 5.52 Å². The minimum atomic E-state index is -0.0626. The van der Waals surface area contributed by atoms with Gasteiger partial charge < -0.3 is 19.5 Å². The maximum atomic E-state index is 12.6. The largest absolute Gasteiger partial charge is 0.441 e. The van der Waals surface area contributed by atoms with Crippen molar-refractivity contribution < 1.29 is 14.0 Å². The van der Waals surface area contributed by atoms with E-state index < -0.39 is 0 Å². The molecule has 0 radical (unpaired) electrons. The molecule has 0 aliphatic carbocycles. The summed E-state index contributed by atoms with van der Waals surface area (Å²) in [5, 5.41) is 2.98. The van der Waals surface area contributed by atoms with E-state index in [9.17, 15) is 9.59 Å².